The number of pyridine rings is 1. The van der Waals surface area contributed by atoms with Crippen molar-refractivity contribution in [3.63, 3.8) is 0 Å². The molecule has 3 aromatic rings. The Kier molecular flexibility index (Phi) is 9.88. The van der Waals surface area contributed by atoms with Crippen LogP contribution in [0.4, 0.5) is 4.39 Å². The van der Waals surface area contributed by atoms with Crippen LogP contribution in [0.5, 0.6) is 5.75 Å². The second-order valence-corrected chi connectivity index (χ2v) is 22.2. The molecule has 174 valence electrons. The molecule has 5 heteroatoms. The molecular weight excluding hydrogens is 506 g/mol. The molecular formula is C27H39FN2OSn. The molecule has 0 aliphatic rings. The molecule has 3 nitrogen and oxygen atoms in total. The third-order valence-corrected chi connectivity index (χ3v) is 22.1. The second-order valence-electron chi connectivity index (χ2n) is 8.96. The third-order valence-electron chi connectivity index (χ3n) is 6.59. The first-order valence-corrected chi connectivity index (χ1v) is 19.9. The first-order chi connectivity index (χ1) is 15.7. The molecule has 0 aliphatic carbocycles. The quantitative estimate of drug-likeness (QED) is 0.197. The van der Waals surface area contributed by atoms with Gasteiger partial charge in [-0.1, -0.05) is 0 Å². The topological polar surface area (TPSA) is 26.5 Å². The minimum atomic E-state index is -2.46. The van der Waals surface area contributed by atoms with E-state index in [1.54, 1.807) is 3.58 Å². The number of alkyl halides is 1. The second kappa shape index (κ2) is 12.6. The molecule has 0 amide bonds. The van der Waals surface area contributed by atoms with Gasteiger partial charge in [-0.15, -0.1) is 0 Å². The van der Waals surface area contributed by atoms with Crippen LogP contribution < -0.4 is 8.32 Å². The summed E-state index contributed by atoms with van der Waals surface area (Å²) in [6, 6.07) is 12.4. The maximum atomic E-state index is 12.3. The number of imidazole rings is 1. The van der Waals surface area contributed by atoms with Gasteiger partial charge in [0.2, 0.25) is 0 Å². The predicted molar refractivity (Wildman–Crippen MR) is 137 cm³/mol. The summed E-state index contributed by atoms with van der Waals surface area (Å²) in [7, 11) is 0. The molecule has 0 bridgehead atoms. The number of unbranched alkanes of at least 4 members (excludes halogenated alkanes) is 3. The van der Waals surface area contributed by atoms with Crippen molar-refractivity contribution in [2.75, 3.05) is 13.3 Å². The Morgan fingerprint density at radius 1 is 0.844 bits per heavy atom. The maximum absolute atomic E-state index is 12.3. The van der Waals surface area contributed by atoms with Crippen molar-refractivity contribution < 1.29 is 9.13 Å². The van der Waals surface area contributed by atoms with E-state index in [1.807, 2.05) is 24.3 Å². The average molecular weight is 545 g/mol. The Morgan fingerprint density at radius 2 is 1.47 bits per heavy atom. The van der Waals surface area contributed by atoms with Crippen molar-refractivity contribution in [1.82, 2.24) is 9.38 Å². The average Bonchev–Trinajstić information content (AvgIpc) is 3.26. The number of benzene rings is 1. The number of nitrogens with zero attached hydrogens (tertiary/aromatic N) is 2. The molecule has 0 N–H and O–H groups in total. The van der Waals surface area contributed by atoms with Crippen LogP contribution in [0.1, 0.15) is 59.3 Å². The summed E-state index contributed by atoms with van der Waals surface area (Å²) in [5.74, 6) is 0.694. The van der Waals surface area contributed by atoms with Crippen molar-refractivity contribution in [2.45, 2.75) is 72.6 Å². The number of aromatic nitrogens is 2. The summed E-state index contributed by atoms with van der Waals surface area (Å²) in [4.78, 5) is 4.87. The Bertz CT molecular complexity index is 932. The van der Waals surface area contributed by atoms with Crippen LogP contribution in [0.25, 0.3) is 16.9 Å². The van der Waals surface area contributed by atoms with E-state index in [2.05, 4.69) is 49.7 Å². The standard InChI is InChI=1S/C15H12FN2O.3C4H9.Sn/c16-8-10-19-13-6-4-12(5-7-13)14-11-18-9-2-1-3-15(18)17-14;3*1-3-4-2;/h1,3-7,9,11H,8,10H2;3*1,3-4H2,2H3;. The number of halogens is 1. The van der Waals surface area contributed by atoms with Crippen LogP contribution in [-0.4, -0.2) is 41.0 Å². The van der Waals surface area contributed by atoms with E-state index in [9.17, 15) is 4.39 Å². The van der Waals surface area contributed by atoms with Gasteiger partial charge in [0.05, 0.1) is 0 Å². The molecule has 32 heavy (non-hydrogen) atoms. The normalized spacial score (nSPS) is 11.9. The number of ether oxygens (including phenoxy) is 1. The molecule has 2 aromatic heterocycles. The fourth-order valence-electron chi connectivity index (χ4n) is 4.68. The SMILES string of the molecule is CCC[CH2][Sn]([CH2]CCC)([CH2]CCC)[c]1ccc2nc(-c3ccc(OCCF)cc3)cn2c1. The monoisotopic (exact) mass is 546 g/mol. The summed E-state index contributed by atoms with van der Waals surface area (Å²) >= 11 is -2.46. The number of fused-ring (bicyclic) bond motifs is 1. The van der Waals surface area contributed by atoms with Gasteiger partial charge in [-0.3, -0.25) is 0 Å². The fourth-order valence-corrected chi connectivity index (χ4v) is 20.5. The van der Waals surface area contributed by atoms with Crippen LogP contribution in [0, 0.1) is 0 Å². The van der Waals surface area contributed by atoms with Gasteiger partial charge in [0.1, 0.15) is 0 Å². The molecule has 0 unspecified atom stereocenters. The molecule has 3 rings (SSSR count). The molecule has 0 radical (unpaired) electrons. The third kappa shape index (κ3) is 6.27. The van der Waals surface area contributed by atoms with E-state index in [1.165, 1.54) is 51.8 Å². The summed E-state index contributed by atoms with van der Waals surface area (Å²) in [5, 5.41) is 0. The summed E-state index contributed by atoms with van der Waals surface area (Å²) in [6.45, 7) is 6.61. The van der Waals surface area contributed by atoms with Crippen molar-refractivity contribution in [2.24, 2.45) is 0 Å². The van der Waals surface area contributed by atoms with Crippen LogP contribution in [-0.2, 0) is 0 Å². The molecule has 0 fully saturated rings. The molecule has 2 heterocycles. The van der Waals surface area contributed by atoms with E-state index in [4.69, 9.17) is 9.72 Å². The summed E-state index contributed by atoms with van der Waals surface area (Å²) < 4.78 is 26.0. The van der Waals surface area contributed by atoms with Gasteiger partial charge >= 0.3 is 193 Å². The van der Waals surface area contributed by atoms with Crippen molar-refractivity contribution in [3.8, 4) is 17.0 Å². The zero-order valence-corrected chi connectivity index (χ0v) is 22.9. The Labute approximate surface area is 197 Å². The van der Waals surface area contributed by atoms with Crippen molar-refractivity contribution >= 4 is 27.6 Å². The zero-order valence-electron chi connectivity index (χ0n) is 20.1. The number of hydrogen-bond donors (Lipinski definition) is 0. The van der Waals surface area contributed by atoms with E-state index in [-0.39, 0.29) is 6.61 Å². The molecule has 0 spiro atoms. The minimum absolute atomic E-state index is 0.0954. The van der Waals surface area contributed by atoms with Gasteiger partial charge in [-0.25, -0.2) is 4.39 Å². The molecule has 0 aliphatic heterocycles. The predicted octanol–water partition coefficient (Wildman–Crippen LogP) is 7.41. The number of hydrogen-bond acceptors (Lipinski definition) is 2. The summed E-state index contributed by atoms with van der Waals surface area (Å²) in [5.41, 5.74) is 3.03. The molecule has 0 atom stereocenters. The van der Waals surface area contributed by atoms with E-state index < -0.39 is 25.1 Å². The van der Waals surface area contributed by atoms with E-state index >= 15 is 0 Å². The molecule has 0 saturated carbocycles. The molecule has 1 aromatic carbocycles. The van der Waals surface area contributed by atoms with Gasteiger partial charge in [0.25, 0.3) is 0 Å². The van der Waals surface area contributed by atoms with Gasteiger partial charge < -0.3 is 0 Å². The first kappa shape index (κ1) is 25.1. The van der Waals surface area contributed by atoms with Gasteiger partial charge in [0, 0.05) is 0 Å². The Hall–Kier alpha value is -1.56. The van der Waals surface area contributed by atoms with Crippen LogP contribution >= 0.6 is 0 Å². The summed E-state index contributed by atoms with van der Waals surface area (Å²) in [6.07, 6.45) is 12.6. The van der Waals surface area contributed by atoms with Gasteiger partial charge in [-0.2, -0.15) is 0 Å². The van der Waals surface area contributed by atoms with Crippen LogP contribution in [0.2, 0.25) is 13.3 Å². The van der Waals surface area contributed by atoms with Gasteiger partial charge in [-0.05, 0) is 0 Å². The first-order valence-electron chi connectivity index (χ1n) is 12.4. The zero-order chi connectivity index (χ0) is 22.8. The molecule has 0 saturated heterocycles. The fraction of sp³-hybridized carbons (Fsp3) is 0.519. The van der Waals surface area contributed by atoms with E-state index in [0.717, 1.165) is 16.9 Å². The van der Waals surface area contributed by atoms with Crippen molar-refractivity contribution in [1.29, 1.82) is 0 Å². The van der Waals surface area contributed by atoms with Crippen molar-refractivity contribution in [3.05, 3.63) is 48.8 Å². The Morgan fingerprint density at radius 3 is 2.03 bits per heavy atom. The Balaban J connectivity index is 1.92. The van der Waals surface area contributed by atoms with Crippen LogP contribution in [0.3, 0.4) is 0 Å². The number of rotatable bonds is 14. The van der Waals surface area contributed by atoms with E-state index in [0.29, 0.717) is 5.75 Å². The van der Waals surface area contributed by atoms with Crippen LogP contribution in [0.15, 0.2) is 48.8 Å². The van der Waals surface area contributed by atoms with Gasteiger partial charge in [0.15, 0.2) is 0 Å².